The maximum absolute atomic E-state index is 12.6. The number of sulfonamides is 1. The van der Waals surface area contributed by atoms with Crippen LogP contribution < -0.4 is 5.73 Å². The van der Waals surface area contributed by atoms with Gasteiger partial charge < -0.3 is 10.6 Å². The summed E-state index contributed by atoms with van der Waals surface area (Å²) in [5.74, 6) is 0. The SMILES string of the molecule is Cc1ccc(N)c(C)c1S(=O)(=O)N(C)CCN(C)C. The molecule has 0 radical (unpaired) electrons. The van der Waals surface area contributed by atoms with Crippen molar-refractivity contribution in [1.82, 2.24) is 9.21 Å². The first-order valence-electron chi connectivity index (χ1n) is 6.14. The molecule has 0 saturated heterocycles. The second kappa shape index (κ2) is 5.90. The summed E-state index contributed by atoms with van der Waals surface area (Å²) in [4.78, 5) is 2.28. The van der Waals surface area contributed by atoms with E-state index in [-0.39, 0.29) is 0 Å². The molecule has 0 aliphatic carbocycles. The fourth-order valence-corrected chi connectivity index (χ4v) is 3.47. The lowest BCUT2D eigenvalue weighted by atomic mass is 10.1. The average molecular weight is 285 g/mol. The summed E-state index contributed by atoms with van der Waals surface area (Å²) in [6.45, 7) is 4.66. The van der Waals surface area contributed by atoms with E-state index in [1.165, 1.54) is 4.31 Å². The molecule has 1 aromatic rings. The van der Waals surface area contributed by atoms with E-state index in [2.05, 4.69) is 0 Å². The summed E-state index contributed by atoms with van der Waals surface area (Å²) in [5.41, 5.74) is 7.67. The second-order valence-electron chi connectivity index (χ2n) is 5.06. The van der Waals surface area contributed by atoms with Crippen LogP contribution in [0.25, 0.3) is 0 Å². The quantitative estimate of drug-likeness (QED) is 0.822. The standard InChI is InChI=1S/C13H23N3O2S/c1-10-6-7-12(14)11(2)13(10)19(17,18)16(5)9-8-15(3)4/h6-7H,8-9,14H2,1-5H3. The molecule has 0 aliphatic heterocycles. The second-order valence-corrected chi connectivity index (χ2v) is 7.04. The van der Waals surface area contributed by atoms with E-state index >= 15 is 0 Å². The molecule has 0 aromatic heterocycles. The van der Waals surface area contributed by atoms with Crippen LogP contribution in [0.4, 0.5) is 5.69 Å². The van der Waals surface area contributed by atoms with Gasteiger partial charge in [-0.3, -0.25) is 0 Å². The van der Waals surface area contributed by atoms with E-state index in [9.17, 15) is 8.42 Å². The van der Waals surface area contributed by atoms with Crippen molar-refractivity contribution >= 4 is 15.7 Å². The highest BCUT2D eigenvalue weighted by molar-refractivity contribution is 7.89. The average Bonchev–Trinajstić information content (AvgIpc) is 2.30. The van der Waals surface area contributed by atoms with E-state index in [1.807, 2.05) is 19.0 Å². The molecule has 0 heterocycles. The Hall–Kier alpha value is -1.11. The summed E-state index contributed by atoms with van der Waals surface area (Å²) >= 11 is 0. The van der Waals surface area contributed by atoms with Crippen LogP contribution in [0.2, 0.25) is 0 Å². The molecule has 0 amide bonds. The highest BCUT2D eigenvalue weighted by Gasteiger charge is 2.25. The minimum Gasteiger partial charge on any atom is -0.398 e. The molecule has 19 heavy (non-hydrogen) atoms. The highest BCUT2D eigenvalue weighted by atomic mass is 32.2. The molecule has 0 aliphatic rings. The number of nitrogens with two attached hydrogens (primary N) is 1. The van der Waals surface area contributed by atoms with Crippen LogP contribution >= 0.6 is 0 Å². The Balaban J connectivity index is 3.17. The lowest BCUT2D eigenvalue weighted by Crippen LogP contribution is -2.34. The lowest BCUT2D eigenvalue weighted by molar-refractivity contribution is 0.358. The van der Waals surface area contributed by atoms with Crippen molar-refractivity contribution in [2.75, 3.05) is 40.0 Å². The molecular formula is C13H23N3O2S. The molecule has 0 saturated carbocycles. The number of nitrogen functional groups attached to an aromatic ring is 1. The van der Waals surface area contributed by atoms with Crippen LogP contribution in [0.15, 0.2) is 17.0 Å². The lowest BCUT2D eigenvalue weighted by Gasteiger charge is -2.22. The van der Waals surface area contributed by atoms with E-state index in [1.54, 1.807) is 33.0 Å². The minimum absolute atomic E-state index is 0.328. The van der Waals surface area contributed by atoms with Crippen LogP contribution in [0.3, 0.4) is 0 Å². The van der Waals surface area contributed by atoms with Crippen LogP contribution in [0, 0.1) is 13.8 Å². The number of anilines is 1. The van der Waals surface area contributed by atoms with Crippen molar-refractivity contribution in [2.45, 2.75) is 18.7 Å². The van der Waals surface area contributed by atoms with Crippen LogP contribution in [-0.4, -0.2) is 51.9 Å². The van der Waals surface area contributed by atoms with Gasteiger partial charge in [-0.1, -0.05) is 6.07 Å². The zero-order valence-electron chi connectivity index (χ0n) is 12.3. The summed E-state index contributed by atoms with van der Waals surface area (Å²) in [7, 11) is 1.93. The molecule has 2 N–H and O–H groups in total. The number of hydrogen-bond donors (Lipinski definition) is 1. The van der Waals surface area contributed by atoms with Gasteiger partial charge in [0.1, 0.15) is 0 Å². The van der Waals surface area contributed by atoms with Gasteiger partial charge in [0.15, 0.2) is 0 Å². The summed E-state index contributed by atoms with van der Waals surface area (Å²) < 4.78 is 26.6. The van der Waals surface area contributed by atoms with E-state index in [0.29, 0.717) is 29.2 Å². The number of rotatable bonds is 5. The summed E-state index contributed by atoms with van der Waals surface area (Å²) in [5, 5.41) is 0. The molecule has 1 aromatic carbocycles. The van der Waals surface area contributed by atoms with Crippen LogP contribution in [0.5, 0.6) is 0 Å². The first-order chi connectivity index (χ1) is 8.67. The van der Waals surface area contributed by atoms with Crippen molar-refractivity contribution in [3.05, 3.63) is 23.3 Å². The summed E-state index contributed by atoms with van der Waals surface area (Å²) in [6.07, 6.45) is 0. The Bertz CT molecular complexity index is 553. The topological polar surface area (TPSA) is 66.6 Å². The van der Waals surface area contributed by atoms with Crippen molar-refractivity contribution in [3.8, 4) is 0 Å². The number of likely N-dealkylation sites (N-methyl/N-ethyl adjacent to an activating group) is 2. The normalized spacial score (nSPS) is 12.4. The van der Waals surface area contributed by atoms with Gasteiger partial charge in [-0.25, -0.2) is 8.42 Å². The van der Waals surface area contributed by atoms with Crippen molar-refractivity contribution in [3.63, 3.8) is 0 Å². The predicted molar refractivity (Wildman–Crippen MR) is 78.7 cm³/mol. The Morgan fingerprint density at radius 1 is 1.11 bits per heavy atom. The Labute approximate surface area is 116 Å². The van der Waals surface area contributed by atoms with E-state index in [0.717, 1.165) is 5.56 Å². The van der Waals surface area contributed by atoms with Gasteiger partial charge in [0, 0.05) is 25.8 Å². The smallest absolute Gasteiger partial charge is 0.243 e. The maximum Gasteiger partial charge on any atom is 0.243 e. The molecule has 1 rings (SSSR count). The molecule has 0 fully saturated rings. The monoisotopic (exact) mass is 285 g/mol. The van der Waals surface area contributed by atoms with Crippen LogP contribution in [0.1, 0.15) is 11.1 Å². The fraction of sp³-hybridized carbons (Fsp3) is 0.538. The van der Waals surface area contributed by atoms with Crippen LogP contribution in [-0.2, 0) is 10.0 Å². The van der Waals surface area contributed by atoms with Crippen molar-refractivity contribution in [2.24, 2.45) is 0 Å². The van der Waals surface area contributed by atoms with Crippen molar-refractivity contribution in [1.29, 1.82) is 0 Å². The fourth-order valence-electron chi connectivity index (χ4n) is 1.86. The summed E-state index contributed by atoms with van der Waals surface area (Å²) in [6, 6.07) is 3.48. The highest BCUT2D eigenvalue weighted by Crippen LogP contribution is 2.26. The van der Waals surface area contributed by atoms with Gasteiger partial charge in [-0.05, 0) is 45.1 Å². The van der Waals surface area contributed by atoms with Crippen molar-refractivity contribution < 1.29 is 8.42 Å². The third-order valence-corrected chi connectivity index (χ3v) is 5.32. The Morgan fingerprint density at radius 3 is 2.21 bits per heavy atom. The third-order valence-electron chi connectivity index (χ3n) is 3.18. The first-order valence-corrected chi connectivity index (χ1v) is 7.58. The molecular weight excluding hydrogens is 262 g/mol. The van der Waals surface area contributed by atoms with Gasteiger partial charge in [0.2, 0.25) is 10.0 Å². The minimum atomic E-state index is -3.49. The molecule has 0 atom stereocenters. The molecule has 0 spiro atoms. The van der Waals surface area contributed by atoms with Gasteiger partial charge in [0.25, 0.3) is 0 Å². The first kappa shape index (κ1) is 15.9. The molecule has 6 heteroatoms. The van der Waals surface area contributed by atoms with E-state index in [4.69, 9.17) is 5.73 Å². The molecule has 0 bridgehead atoms. The van der Waals surface area contributed by atoms with Gasteiger partial charge in [-0.2, -0.15) is 4.31 Å². The maximum atomic E-state index is 12.6. The van der Waals surface area contributed by atoms with E-state index < -0.39 is 10.0 Å². The van der Waals surface area contributed by atoms with Gasteiger partial charge in [-0.15, -0.1) is 0 Å². The van der Waals surface area contributed by atoms with Gasteiger partial charge in [0.05, 0.1) is 4.90 Å². The van der Waals surface area contributed by atoms with Gasteiger partial charge >= 0.3 is 0 Å². The number of hydrogen-bond acceptors (Lipinski definition) is 4. The number of nitrogens with zero attached hydrogens (tertiary/aromatic N) is 2. The molecule has 108 valence electrons. The zero-order valence-corrected chi connectivity index (χ0v) is 13.1. The molecule has 0 unspecified atom stereocenters. The predicted octanol–water partition coefficient (Wildman–Crippen LogP) is 1.07. The Morgan fingerprint density at radius 2 is 1.68 bits per heavy atom. The Kier molecular flexibility index (Phi) is 4.95. The third kappa shape index (κ3) is 3.46. The number of benzene rings is 1. The largest absolute Gasteiger partial charge is 0.398 e. The zero-order chi connectivity index (χ0) is 14.8. The number of aryl methyl sites for hydroxylation is 1. The molecule has 5 nitrogen and oxygen atoms in total.